The van der Waals surface area contributed by atoms with E-state index in [1.165, 1.54) is 5.01 Å². The quantitative estimate of drug-likeness (QED) is 0.561. The third kappa shape index (κ3) is 5.22. The average Bonchev–Trinajstić information content (AvgIpc) is 3.27. The second-order valence-corrected chi connectivity index (χ2v) is 13.1. The average molecular weight is 455 g/mol. The number of carbonyl (C=O) groups is 1. The van der Waals surface area contributed by atoms with Gasteiger partial charge in [0.25, 0.3) is 0 Å². The predicted octanol–water partition coefficient (Wildman–Crippen LogP) is 6.09. The van der Waals surface area contributed by atoms with Gasteiger partial charge in [0.15, 0.2) is 0 Å². The van der Waals surface area contributed by atoms with Crippen LogP contribution in [-0.4, -0.2) is 38.8 Å². The molecule has 174 valence electrons. The summed E-state index contributed by atoms with van der Waals surface area (Å²) in [6.45, 7) is 16.9. The Labute approximate surface area is 197 Å². The SMILES string of the molecule is CC(C)(C)CC(=O)N1CCC(c2nc(-c3cc(C(C)(C)C)nc(C4(C)CC4)n3)cs2)CC1. The maximum Gasteiger partial charge on any atom is 0.223 e. The summed E-state index contributed by atoms with van der Waals surface area (Å²) in [5.41, 5.74) is 3.15. The van der Waals surface area contributed by atoms with Gasteiger partial charge in [0.05, 0.1) is 22.1 Å². The van der Waals surface area contributed by atoms with Gasteiger partial charge < -0.3 is 4.90 Å². The number of rotatable bonds is 4. The van der Waals surface area contributed by atoms with E-state index in [9.17, 15) is 4.79 Å². The maximum absolute atomic E-state index is 12.6. The number of nitrogens with zero attached hydrogens (tertiary/aromatic N) is 4. The molecule has 1 saturated heterocycles. The van der Waals surface area contributed by atoms with E-state index in [0.29, 0.717) is 12.3 Å². The number of likely N-dealkylation sites (tertiary alicyclic amines) is 1. The molecule has 4 rings (SSSR count). The van der Waals surface area contributed by atoms with E-state index in [2.05, 4.69) is 59.9 Å². The van der Waals surface area contributed by atoms with Crippen molar-refractivity contribution in [1.29, 1.82) is 0 Å². The summed E-state index contributed by atoms with van der Waals surface area (Å²) in [5, 5.41) is 3.33. The van der Waals surface area contributed by atoms with Crippen molar-refractivity contribution < 1.29 is 4.79 Å². The van der Waals surface area contributed by atoms with Crippen molar-refractivity contribution in [2.45, 2.75) is 97.3 Å². The Morgan fingerprint density at radius 2 is 1.72 bits per heavy atom. The molecule has 3 heterocycles. The fourth-order valence-corrected chi connectivity index (χ4v) is 5.16. The third-order valence-electron chi connectivity index (χ3n) is 6.70. The smallest absolute Gasteiger partial charge is 0.223 e. The van der Waals surface area contributed by atoms with Crippen LogP contribution in [0.5, 0.6) is 0 Å². The molecule has 2 fully saturated rings. The number of aromatic nitrogens is 3. The third-order valence-corrected chi connectivity index (χ3v) is 7.70. The summed E-state index contributed by atoms with van der Waals surface area (Å²) in [5.74, 6) is 1.68. The molecule has 1 saturated carbocycles. The van der Waals surface area contributed by atoms with E-state index in [1.807, 2.05) is 4.90 Å². The second kappa shape index (κ2) is 8.19. The van der Waals surface area contributed by atoms with E-state index < -0.39 is 0 Å². The summed E-state index contributed by atoms with van der Waals surface area (Å²) in [4.78, 5) is 29.5. The zero-order chi connectivity index (χ0) is 23.3. The molecule has 1 aliphatic carbocycles. The second-order valence-electron chi connectivity index (χ2n) is 12.2. The minimum absolute atomic E-state index is 0.0248. The highest BCUT2D eigenvalue weighted by Crippen LogP contribution is 2.47. The zero-order valence-electron chi connectivity index (χ0n) is 20.8. The van der Waals surface area contributed by atoms with Crippen molar-refractivity contribution >= 4 is 17.2 Å². The topological polar surface area (TPSA) is 59.0 Å². The van der Waals surface area contributed by atoms with Gasteiger partial charge in [-0.05, 0) is 37.2 Å². The van der Waals surface area contributed by atoms with Gasteiger partial charge >= 0.3 is 0 Å². The Kier molecular flexibility index (Phi) is 5.98. The van der Waals surface area contributed by atoms with Crippen LogP contribution in [0.1, 0.15) is 103 Å². The van der Waals surface area contributed by atoms with E-state index in [0.717, 1.165) is 61.7 Å². The molecule has 5 nitrogen and oxygen atoms in total. The van der Waals surface area contributed by atoms with Gasteiger partial charge in [0.1, 0.15) is 5.82 Å². The first-order valence-corrected chi connectivity index (χ1v) is 12.9. The molecular formula is C26H38N4OS. The minimum Gasteiger partial charge on any atom is -0.343 e. The molecule has 6 heteroatoms. The molecule has 1 aliphatic heterocycles. The maximum atomic E-state index is 12.6. The first-order chi connectivity index (χ1) is 14.8. The van der Waals surface area contributed by atoms with Crippen LogP contribution in [0.3, 0.4) is 0 Å². The molecule has 0 radical (unpaired) electrons. The first-order valence-electron chi connectivity index (χ1n) is 12.0. The minimum atomic E-state index is -0.0248. The summed E-state index contributed by atoms with van der Waals surface area (Å²) in [6, 6.07) is 2.13. The number of thiazole rings is 1. The van der Waals surface area contributed by atoms with Crippen LogP contribution in [-0.2, 0) is 15.6 Å². The molecule has 2 aromatic heterocycles. The van der Waals surface area contributed by atoms with Gasteiger partial charge in [0.2, 0.25) is 5.91 Å². The summed E-state index contributed by atoms with van der Waals surface area (Å²) in [7, 11) is 0. The van der Waals surface area contributed by atoms with Gasteiger partial charge in [-0.1, -0.05) is 48.5 Å². The van der Waals surface area contributed by atoms with Crippen LogP contribution in [0, 0.1) is 5.41 Å². The van der Waals surface area contributed by atoms with Crippen molar-refractivity contribution in [2.24, 2.45) is 5.41 Å². The summed E-state index contributed by atoms with van der Waals surface area (Å²) >= 11 is 1.74. The number of hydrogen-bond acceptors (Lipinski definition) is 5. The Morgan fingerprint density at radius 1 is 1.06 bits per heavy atom. The lowest BCUT2D eigenvalue weighted by Gasteiger charge is -2.33. The van der Waals surface area contributed by atoms with Crippen molar-refractivity contribution in [3.8, 4) is 11.4 Å². The first kappa shape index (κ1) is 23.3. The number of amides is 1. The van der Waals surface area contributed by atoms with Gasteiger partial charge in [0, 0.05) is 41.6 Å². The molecule has 0 unspecified atom stereocenters. The van der Waals surface area contributed by atoms with Gasteiger partial charge in [-0.15, -0.1) is 11.3 Å². The predicted molar refractivity (Wildman–Crippen MR) is 131 cm³/mol. The van der Waals surface area contributed by atoms with Gasteiger partial charge in [-0.25, -0.2) is 15.0 Å². The molecule has 0 aromatic carbocycles. The lowest BCUT2D eigenvalue weighted by atomic mass is 9.90. The van der Waals surface area contributed by atoms with Gasteiger partial charge in [-0.3, -0.25) is 4.79 Å². The summed E-state index contributed by atoms with van der Waals surface area (Å²) < 4.78 is 0. The molecule has 32 heavy (non-hydrogen) atoms. The number of hydrogen-bond donors (Lipinski definition) is 0. The fourth-order valence-electron chi connectivity index (χ4n) is 4.18. The standard InChI is InChI=1S/C26H38N4OS/c1-24(2,3)15-21(31)30-12-8-17(9-13-30)22-27-19(16-32-22)18-14-20(25(4,5)6)29-23(28-18)26(7)10-11-26/h14,16-17H,8-13,15H2,1-7H3. The van der Waals surface area contributed by atoms with Crippen LogP contribution in [0.15, 0.2) is 11.4 Å². The Balaban J connectivity index is 1.50. The van der Waals surface area contributed by atoms with E-state index in [1.54, 1.807) is 11.3 Å². The molecule has 0 atom stereocenters. The molecule has 0 bridgehead atoms. The highest BCUT2D eigenvalue weighted by molar-refractivity contribution is 7.10. The van der Waals surface area contributed by atoms with E-state index >= 15 is 0 Å². The van der Waals surface area contributed by atoms with Crippen LogP contribution in [0.4, 0.5) is 0 Å². The fraction of sp³-hybridized carbons (Fsp3) is 0.692. The number of carbonyl (C=O) groups excluding carboxylic acids is 1. The van der Waals surface area contributed by atoms with Crippen LogP contribution in [0.25, 0.3) is 11.4 Å². The largest absolute Gasteiger partial charge is 0.343 e. The lowest BCUT2D eigenvalue weighted by Crippen LogP contribution is -2.39. The monoisotopic (exact) mass is 454 g/mol. The van der Waals surface area contributed by atoms with Crippen molar-refractivity contribution in [1.82, 2.24) is 19.9 Å². The molecular weight excluding hydrogens is 416 g/mol. The Morgan fingerprint density at radius 3 is 2.28 bits per heavy atom. The summed E-state index contributed by atoms with van der Waals surface area (Å²) in [6.07, 6.45) is 4.92. The highest BCUT2D eigenvalue weighted by Gasteiger charge is 2.43. The molecule has 2 aliphatic rings. The lowest BCUT2D eigenvalue weighted by molar-refractivity contribution is -0.134. The van der Waals surface area contributed by atoms with Crippen molar-refractivity contribution in [3.63, 3.8) is 0 Å². The number of piperidine rings is 1. The molecule has 0 spiro atoms. The molecule has 2 aromatic rings. The molecule has 1 amide bonds. The zero-order valence-corrected chi connectivity index (χ0v) is 21.6. The Hall–Kier alpha value is -1.82. The normalized spacial score (nSPS) is 19.3. The van der Waals surface area contributed by atoms with Crippen LogP contribution < -0.4 is 0 Å². The van der Waals surface area contributed by atoms with E-state index in [-0.39, 0.29) is 22.2 Å². The van der Waals surface area contributed by atoms with Crippen molar-refractivity contribution in [2.75, 3.05) is 13.1 Å². The van der Waals surface area contributed by atoms with Crippen LogP contribution >= 0.6 is 11.3 Å². The Bertz CT molecular complexity index is 962. The molecule has 0 N–H and O–H groups in total. The highest BCUT2D eigenvalue weighted by atomic mass is 32.1. The van der Waals surface area contributed by atoms with Gasteiger partial charge in [-0.2, -0.15) is 0 Å². The van der Waals surface area contributed by atoms with E-state index in [4.69, 9.17) is 15.0 Å². The van der Waals surface area contributed by atoms with Crippen LogP contribution in [0.2, 0.25) is 0 Å². The van der Waals surface area contributed by atoms with Crippen molar-refractivity contribution in [3.05, 3.63) is 28.0 Å².